The van der Waals surface area contributed by atoms with Crippen molar-refractivity contribution in [2.45, 2.75) is 24.7 Å². The Morgan fingerprint density at radius 3 is 2.62 bits per heavy atom. The summed E-state index contributed by atoms with van der Waals surface area (Å²) >= 11 is 0. The van der Waals surface area contributed by atoms with E-state index in [0.29, 0.717) is 24.6 Å². The van der Waals surface area contributed by atoms with E-state index in [2.05, 4.69) is 15.3 Å². The number of carbonyl (C=O) groups is 1. The number of furan rings is 1. The van der Waals surface area contributed by atoms with E-state index in [0.717, 1.165) is 24.1 Å². The molecule has 5 rings (SSSR count). The highest BCUT2D eigenvalue weighted by Gasteiger charge is 2.31. The van der Waals surface area contributed by atoms with Gasteiger partial charge in [-0.2, -0.15) is 4.31 Å². The number of hydrogen-bond donors (Lipinski definition) is 1. The van der Waals surface area contributed by atoms with Crippen LogP contribution in [0.2, 0.25) is 0 Å². The Hall–Kier alpha value is -3.50. The number of carbonyl (C=O) groups excluding carboxylic acids is 1. The van der Waals surface area contributed by atoms with Crippen molar-refractivity contribution >= 4 is 27.4 Å². The molecule has 0 saturated carbocycles. The molecule has 1 aliphatic heterocycles. The van der Waals surface area contributed by atoms with Crippen LogP contribution in [0.1, 0.15) is 29.2 Å². The molecule has 1 saturated heterocycles. The molecule has 0 spiro atoms. The summed E-state index contributed by atoms with van der Waals surface area (Å²) in [5.41, 5.74) is 2.19. The van der Waals surface area contributed by atoms with Crippen LogP contribution >= 0.6 is 0 Å². The Kier molecular flexibility index (Phi) is 5.03. The molecule has 0 bridgehead atoms. The highest BCUT2D eigenvalue weighted by molar-refractivity contribution is 7.89. The molecule has 1 fully saturated rings. The second-order valence-corrected chi connectivity index (χ2v) is 9.53. The van der Waals surface area contributed by atoms with Gasteiger partial charge in [-0.15, -0.1) is 0 Å². The molecule has 1 amide bonds. The number of sulfonamides is 1. The monoisotopic (exact) mass is 451 g/mol. The summed E-state index contributed by atoms with van der Waals surface area (Å²) in [6.07, 6.45) is 7.11. The molecule has 1 aromatic carbocycles. The summed E-state index contributed by atoms with van der Waals surface area (Å²) in [4.78, 5) is 21.4. The van der Waals surface area contributed by atoms with E-state index in [-0.39, 0.29) is 16.4 Å². The average Bonchev–Trinajstić information content (AvgIpc) is 3.53. The maximum absolute atomic E-state index is 12.8. The topological polar surface area (TPSA) is 110 Å². The molecule has 9 nitrogen and oxygen atoms in total. The summed E-state index contributed by atoms with van der Waals surface area (Å²) in [6, 6.07) is 10.3. The highest BCUT2D eigenvalue weighted by Crippen LogP contribution is 2.27. The SMILES string of the molecule is Cc1oc(C(=O)Nc2ccc(-c3cn4cccnc4n3)cc2)cc1S(=O)(=O)N1CCCC1. The lowest BCUT2D eigenvalue weighted by Crippen LogP contribution is -2.28. The maximum Gasteiger partial charge on any atom is 0.291 e. The predicted molar refractivity (Wildman–Crippen MR) is 118 cm³/mol. The molecule has 1 N–H and O–H groups in total. The number of benzene rings is 1. The highest BCUT2D eigenvalue weighted by atomic mass is 32.2. The third-order valence-electron chi connectivity index (χ3n) is 5.45. The number of aryl methyl sites for hydroxylation is 1. The molecule has 0 aliphatic carbocycles. The van der Waals surface area contributed by atoms with Crippen molar-refractivity contribution in [3.05, 3.63) is 66.5 Å². The van der Waals surface area contributed by atoms with E-state index < -0.39 is 15.9 Å². The number of imidazole rings is 1. The van der Waals surface area contributed by atoms with Crippen molar-refractivity contribution in [1.82, 2.24) is 18.7 Å². The largest absolute Gasteiger partial charge is 0.455 e. The van der Waals surface area contributed by atoms with Gasteiger partial charge < -0.3 is 9.73 Å². The molecular formula is C22H21N5O4S. The van der Waals surface area contributed by atoms with Gasteiger partial charge >= 0.3 is 0 Å². The number of fused-ring (bicyclic) bond motifs is 1. The maximum atomic E-state index is 12.8. The van der Waals surface area contributed by atoms with Crippen molar-refractivity contribution in [1.29, 1.82) is 0 Å². The third kappa shape index (κ3) is 3.67. The zero-order chi connectivity index (χ0) is 22.3. The second-order valence-electron chi connectivity index (χ2n) is 7.63. The van der Waals surface area contributed by atoms with Gasteiger partial charge in [0.05, 0.1) is 5.69 Å². The number of aromatic nitrogens is 3. The van der Waals surface area contributed by atoms with E-state index in [9.17, 15) is 13.2 Å². The molecule has 0 unspecified atom stereocenters. The summed E-state index contributed by atoms with van der Waals surface area (Å²) in [5, 5.41) is 2.75. The van der Waals surface area contributed by atoms with Crippen LogP contribution in [0.15, 0.2) is 64.3 Å². The number of anilines is 1. The number of hydrogen-bond acceptors (Lipinski definition) is 6. The number of amides is 1. The minimum Gasteiger partial charge on any atom is -0.455 e. The van der Waals surface area contributed by atoms with Crippen LogP contribution in [0.25, 0.3) is 17.0 Å². The lowest BCUT2D eigenvalue weighted by atomic mass is 10.1. The Labute approximate surface area is 184 Å². The fraction of sp³-hybridized carbons (Fsp3) is 0.227. The van der Waals surface area contributed by atoms with Gasteiger partial charge in [0.15, 0.2) is 5.76 Å². The Bertz CT molecular complexity index is 1370. The van der Waals surface area contributed by atoms with Crippen LogP contribution < -0.4 is 5.32 Å². The van der Waals surface area contributed by atoms with Gasteiger partial charge in [-0.1, -0.05) is 12.1 Å². The number of rotatable bonds is 5. The Morgan fingerprint density at radius 2 is 1.91 bits per heavy atom. The van der Waals surface area contributed by atoms with Gasteiger partial charge in [-0.05, 0) is 38.0 Å². The Morgan fingerprint density at radius 1 is 1.16 bits per heavy atom. The molecule has 1 aliphatic rings. The van der Waals surface area contributed by atoms with E-state index in [1.54, 1.807) is 25.3 Å². The van der Waals surface area contributed by atoms with E-state index >= 15 is 0 Å². The molecule has 3 aromatic heterocycles. The first kappa shape index (κ1) is 20.4. The van der Waals surface area contributed by atoms with Gasteiger partial charge in [0.25, 0.3) is 5.91 Å². The summed E-state index contributed by atoms with van der Waals surface area (Å²) < 4.78 is 34.4. The van der Waals surface area contributed by atoms with Gasteiger partial charge in [0.1, 0.15) is 10.7 Å². The first-order valence-electron chi connectivity index (χ1n) is 10.2. The smallest absolute Gasteiger partial charge is 0.291 e. The van der Waals surface area contributed by atoms with Crippen molar-refractivity contribution in [2.75, 3.05) is 18.4 Å². The minimum atomic E-state index is -3.66. The fourth-order valence-corrected chi connectivity index (χ4v) is 5.46. The van der Waals surface area contributed by atoms with Crippen molar-refractivity contribution in [3.8, 4) is 11.3 Å². The minimum absolute atomic E-state index is 0.0420. The number of nitrogens with one attached hydrogen (secondary N) is 1. The Balaban J connectivity index is 1.33. The fourth-order valence-electron chi connectivity index (χ4n) is 3.79. The van der Waals surface area contributed by atoms with Gasteiger partial charge in [-0.3, -0.25) is 9.20 Å². The van der Waals surface area contributed by atoms with E-state index in [1.807, 2.05) is 35.0 Å². The lowest BCUT2D eigenvalue weighted by Gasteiger charge is -2.14. The molecule has 164 valence electrons. The van der Waals surface area contributed by atoms with E-state index in [1.165, 1.54) is 10.4 Å². The van der Waals surface area contributed by atoms with Crippen molar-refractivity contribution in [2.24, 2.45) is 0 Å². The van der Waals surface area contributed by atoms with Crippen LogP contribution in [0.3, 0.4) is 0 Å². The van der Waals surface area contributed by atoms with Crippen LogP contribution in [-0.2, 0) is 10.0 Å². The zero-order valence-corrected chi connectivity index (χ0v) is 18.2. The van der Waals surface area contributed by atoms with Gasteiger partial charge in [0, 0.05) is 49.0 Å². The molecule has 4 aromatic rings. The standard InChI is InChI=1S/C22H21N5O4S/c1-15-20(32(29,30)27-11-2-3-12-27)13-19(31-15)21(28)24-17-7-5-16(6-8-17)18-14-26-10-4-9-23-22(26)25-18/h4-10,13-14H,2-3,11-12H2,1H3,(H,24,28). The molecular weight excluding hydrogens is 430 g/mol. The van der Waals surface area contributed by atoms with E-state index in [4.69, 9.17) is 4.42 Å². The zero-order valence-electron chi connectivity index (χ0n) is 17.4. The summed E-state index contributed by atoms with van der Waals surface area (Å²) in [6.45, 7) is 2.53. The molecule has 10 heteroatoms. The summed E-state index contributed by atoms with van der Waals surface area (Å²) in [7, 11) is -3.66. The summed E-state index contributed by atoms with van der Waals surface area (Å²) in [5.74, 6) is 0.252. The average molecular weight is 452 g/mol. The normalized spacial score (nSPS) is 14.8. The van der Waals surface area contributed by atoms with Crippen LogP contribution in [-0.4, -0.2) is 46.1 Å². The van der Waals surface area contributed by atoms with Crippen molar-refractivity contribution < 1.29 is 17.6 Å². The second kappa shape index (κ2) is 7.88. The first-order chi connectivity index (χ1) is 15.4. The van der Waals surface area contributed by atoms with Crippen molar-refractivity contribution in [3.63, 3.8) is 0 Å². The van der Waals surface area contributed by atoms with Gasteiger partial charge in [0.2, 0.25) is 15.8 Å². The molecule has 4 heterocycles. The molecule has 0 atom stereocenters. The first-order valence-corrected chi connectivity index (χ1v) is 11.7. The van der Waals surface area contributed by atoms with Crippen LogP contribution in [0.4, 0.5) is 5.69 Å². The van der Waals surface area contributed by atoms with Crippen LogP contribution in [0.5, 0.6) is 0 Å². The quantitative estimate of drug-likeness (QED) is 0.498. The van der Waals surface area contributed by atoms with Crippen LogP contribution in [0, 0.1) is 6.92 Å². The molecule has 32 heavy (non-hydrogen) atoms. The number of nitrogens with zero attached hydrogens (tertiary/aromatic N) is 4. The third-order valence-corrected chi connectivity index (χ3v) is 7.46. The lowest BCUT2D eigenvalue weighted by molar-refractivity contribution is 0.0995. The molecule has 0 radical (unpaired) electrons. The van der Waals surface area contributed by atoms with Gasteiger partial charge in [-0.25, -0.2) is 18.4 Å². The predicted octanol–water partition coefficient (Wildman–Crippen LogP) is 3.33.